The molecule has 4 heteroatoms. The molecule has 1 fully saturated rings. The highest BCUT2D eigenvalue weighted by molar-refractivity contribution is 8.03. The van der Waals surface area contributed by atoms with Gasteiger partial charge in [-0.2, -0.15) is 0 Å². The predicted octanol–water partition coefficient (Wildman–Crippen LogP) is 3.89. The first-order chi connectivity index (χ1) is 9.91. The zero-order valence-corrected chi connectivity index (χ0v) is 13.8. The van der Waals surface area contributed by atoms with Crippen LogP contribution in [-0.2, 0) is 11.3 Å². The number of carbonyl (C=O) groups is 1. The van der Waals surface area contributed by atoms with Crippen molar-refractivity contribution in [2.24, 2.45) is 11.1 Å². The summed E-state index contributed by atoms with van der Waals surface area (Å²) < 4.78 is 0. The predicted molar refractivity (Wildman–Crippen MR) is 91.0 cm³/mol. The largest absolute Gasteiger partial charge is 0.334 e. The molecule has 0 bridgehead atoms. The maximum absolute atomic E-state index is 9.56. The van der Waals surface area contributed by atoms with Crippen LogP contribution >= 0.6 is 11.8 Å². The Bertz CT molecular complexity index is 511. The second kappa shape index (κ2) is 6.67. The van der Waals surface area contributed by atoms with Crippen LogP contribution in [0.3, 0.4) is 0 Å². The van der Waals surface area contributed by atoms with Crippen LogP contribution in [0.5, 0.6) is 0 Å². The van der Waals surface area contributed by atoms with Crippen LogP contribution in [0.2, 0.25) is 0 Å². The fourth-order valence-electron chi connectivity index (χ4n) is 2.02. The third-order valence-electron chi connectivity index (χ3n) is 3.35. The van der Waals surface area contributed by atoms with E-state index in [9.17, 15) is 4.79 Å². The Kier molecular flexibility index (Phi) is 5.12. The van der Waals surface area contributed by atoms with Gasteiger partial charge in [-0.1, -0.05) is 32.9 Å². The highest BCUT2D eigenvalue weighted by atomic mass is 32.2. The molecule has 0 aromatic heterocycles. The van der Waals surface area contributed by atoms with Gasteiger partial charge in [0.15, 0.2) is 0 Å². The molecule has 1 heterocycles. The summed E-state index contributed by atoms with van der Waals surface area (Å²) in [5.74, 6) is 0.417. The van der Waals surface area contributed by atoms with E-state index in [1.165, 1.54) is 11.3 Å². The van der Waals surface area contributed by atoms with Gasteiger partial charge >= 0.3 is 0 Å². The lowest BCUT2D eigenvalue weighted by molar-refractivity contribution is -0.109. The maximum Gasteiger partial charge on any atom is 0.133 e. The maximum atomic E-state index is 9.56. The van der Waals surface area contributed by atoms with Crippen molar-refractivity contribution in [2.75, 3.05) is 4.90 Å². The molecule has 0 spiro atoms. The van der Waals surface area contributed by atoms with Crippen LogP contribution < -0.4 is 10.6 Å². The molecular weight excluding hydrogens is 280 g/mol. The Hall–Kier alpha value is -1.26. The first-order valence-corrected chi connectivity index (χ1v) is 8.27. The Labute approximate surface area is 131 Å². The summed E-state index contributed by atoms with van der Waals surface area (Å²) in [7, 11) is 0. The molecule has 21 heavy (non-hydrogen) atoms. The fourth-order valence-corrected chi connectivity index (χ4v) is 3.10. The minimum absolute atomic E-state index is 0.251. The normalized spacial score (nSPS) is 20.3. The standard InChI is InChI=1S/C14H20N2S.C3H4O/c1-14(2,3)13-16(8-9-17-13)12-6-4-11(10-15)5-7-12;4-3-1-2-3/h4-9,13H,10,15H2,1-3H3;1-2H2. The third kappa shape index (κ3) is 4.61. The summed E-state index contributed by atoms with van der Waals surface area (Å²) in [6.07, 6.45) is 3.86. The highest BCUT2D eigenvalue weighted by Crippen LogP contribution is 2.40. The van der Waals surface area contributed by atoms with E-state index in [0.29, 0.717) is 17.7 Å². The average molecular weight is 304 g/mol. The second-order valence-corrected chi connectivity index (χ2v) is 7.45. The molecule has 3 nitrogen and oxygen atoms in total. The van der Waals surface area contributed by atoms with Crippen molar-refractivity contribution < 1.29 is 4.79 Å². The van der Waals surface area contributed by atoms with Gasteiger partial charge in [0.2, 0.25) is 0 Å². The van der Waals surface area contributed by atoms with Gasteiger partial charge in [-0.15, -0.1) is 11.8 Å². The monoisotopic (exact) mass is 304 g/mol. The molecule has 3 rings (SSSR count). The highest BCUT2D eigenvalue weighted by Gasteiger charge is 2.32. The summed E-state index contributed by atoms with van der Waals surface area (Å²) in [6.45, 7) is 7.43. The van der Waals surface area contributed by atoms with Gasteiger partial charge in [0.25, 0.3) is 0 Å². The van der Waals surface area contributed by atoms with Crippen LogP contribution in [0.15, 0.2) is 35.9 Å². The van der Waals surface area contributed by atoms with Crippen LogP contribution in [-0.4, -0.2) is 11.2 Å². The quantitative estimate of drug-likeness (QED) is 0.900. The van der Waals surface area contributed by atoms with Gasteiger partial charge in [0.05, 0.1) is 5.37 Å². The van der Waals surface area contributed by atoms with Gasteiger partial charge in [-0.3, -0.25) is 4.79 Å². The van der Waals surface area contributed by atoms with Gasteiger partial charge < -0.3 is 10.6 Å². The average Bonchev–Trinajstić information content (AvgIpc) is 3.08. The van der Waals surface area contributed by atoms with E-state index < -0.39 is 0 Å². The van der Waals surface area contributed by atoms with E-state index in [1.807, 2.05) is 11.8 Å². The molecule has 1 aromatic rings. The van der Waals surface area contributed by atoms with Crippen molar-refractivity contribution in [3.8, 4) is 0 Å². The lowest BCUT2D eigenvalue weighted by Crippen LogP contribution is -2.35. The number of rotatable bonds is 2. The Balaban J connectivity index is 0.000000347. The molecule has 0 saturated heterocycles. The van der Waals surface area contributed by atoms with Crippen molar-refractivity contribution in [1.29, 1.82) is 0 Å². The summed E-state index contributed by atoms with van der Waals surface area (Å²) in [5, 5.41) is 2.64. The molecule has 2 N–H and O–H groups in total. The number of hydrogen-bond acceptors (Lipinski definition) is 4. The van der Waals surface area contributed by atoms with E-state index in [4.69, 9.17) is 5.73 Å². The van der Waals surface area contributed by atoms with Crippen LogP contribution in [0.4, 0.5) is 5.69 Å². The number of anilines is 1. The molecule has 1 aliphatic heterocycles. The lowest BCUT2D eigenvalue weighted by Gasteiger charge is -2.35. The number of Topliss-reactive ketones (excluding diaryl/α,β-unsaturated/α-hetero) is 1. The zero-order chi connectivity index (χ0) is 15.5. The van der Waals surface area contributed by atoms with E-state index in [0.717, 1.165) is 12.8 Å². The number of nitrogens with two attached hydrogens (primary N) is 1. The second-order valence-electron chi connectivity index (χ2n) is 6.46. The van der Waals surface area contributed by atoms with Crippen molar-refractivity contribution in [3.05, 3.63) is 41.4 Å². The molecule has 1 atom stereocenters. The van der Waals surface area contributed by atoms with Crippen molar-refractivity contribution >= 4 is 23.2 Å². The molecule has 114 valence electrons. The number of benzene rings is 1. The molecule has 0 radical (unpaired) electrons. The van der Waals surface area contributed by atoms with E-state index in [2.05, 4.69) is 61.5 Å². The molecule has 1 unspecified atom stereocenters. The first kappa shape index (κ1) is 16.1. The van der Waals surface area contributed by atoms with E-state index in [-0.39, 0.29) is 5.41 Å². The van der Waals surface area contributed by atoms with E-state index in [1.54, 1.807) is 0 Å². The fraction of sp³-hybridized carbons (Fsp3) is 0.471. The number of thioether (sulfide) groups is 1. The number of nitrogens with zero attached hydrogens (tertiary/aromatic N) is 1. The Morgan fingerprint density at radius 3 is 2.24 bits per heavy atom. The molecule has 1 aliphatic carbocycles. The van der Waals surface area contributed by atoms with Crippen LogP contribution in [0.1, 0.15) is 39.2 Å². The Morgan fingerprint density at radius 2 is 1.81 bits per heavy atom. The molecular formula is C17H24N2OS. The van der Waals surface area contributed by atoms with E-state index >= 15 is 0 Å². The number of ketones is 1. The SMILES string of the molecule is CC(C)(C)C1SC=CN1c1ccc(CN)cc1.O=C1CC1. The first-order valence-electron chi connectivity index (χ1n) is 7.33. The van der Waals surface area contributed by atoms with Gasteiger partial charge in [0.1, 0.15) is 5.78 Å². The molecule has 1 aromatic carbocycles. The Morgan fingerprint density at radius 1 is 1.24 bits per heavy atom. The third-order valence-corrected chi connectivity index (χ3v) is 4.82. The van der Waals surface area contributed by atoms with Crippen molar-refractivity contribution in [3.63, 3.8) is 0 Å². The summed E-state index contributed by atoms with van der Waals surface area (Å²) >= 11 is 1.88. The van der Waals surface area contributed by atoms with Crippen LogP contribution in [0, 0.1) is 5.41 Å². The van der Waals surface area contributed by atoms with Gasteiger partial charge in [-0.05, 0) is 28.5 Å². The molecule has 1 saturated carbocycles. The minimum atomic E-state index is 0.251. The van der Waals surface area contributed by atoms with Crippen LogP contribution in [0.25, 0.3) is 0 Å². The smallest absolute Gasteiger partial charge is 0.133 e. The van der Waals surface area contributed by atoms with Gasteiger partial charge in [0, 0.05) is 31.3 Å². The van der Waals surface area contributed by atoms with Crippen molar-refractivity contribution in [1.82, 2.24) is 0 Å². The zero-order valence-electron chi connectivity index (χ0n) is 13.0. The number of hydrogen-bond donors (Lipinski definition) is 1. The summed E-state index contributed by atoms with van der Waals surface area (Å²) in [4.78, 5) is 11.9. The molecule has 2 aliphatic rings. The van der Waals surface area contributed by atoms with Gasteiger partial charge in [-0.25, -0.2) is 0 Å². The summed E-state index contributed by atoms with van der Waals surface area (Å²) in [5.41, 5.74) is 8.29. The van der Waals surface area contributed by atoms with Crippen molar-refractivity contribution in [2.45, 2.75) is 45.5 Å². The summed E-state index contributed by atoms with van der Waals surface area (Å²) in [6, 6.07) is 8.51. The minimum Gasteiger partial charge on any atom is -0.334 e. The topological polar surface area (TPSA) is 46.3 Å². The number of carbonyl (C=O) groups excluding carboxylic acids is 1. The lowest BCUT2D eigenvalue weighted by atomic mass is 9.95. The molecule has 0 amide bonds.